The third-order valence-corrected chi connectivity index (χ3v) is 5.04. The van der Waals surface area contributed by atoms with Crippen LogP contribution in [0.3, 0.4) is 0 Å². The summed E-state index contributed by atoms with van der Waals surface area (Å²) in [5.41, 5.74) is 2.75. The number of aliphatic imine (C=N–C) groups is 1. The van der Waals surface area contributed by atoms with Gasteiger partial charge in [0.15, 0.2) is 5.96 Å². The number of nitrogens with one attached hydrogen (secondary N) is 1. The number of ether oxygens (including phenoxy) is 2. The predicted octanol–water partition coefficient (Wildman–Crippen LogP) is 2.81. The third-order valence-electron chi connectivity index (χ3n) is 5.04. The lowest BCUT2D eigenvalue weighted by atomic mass is 9.87. The molecule has 1 aromatic rings. The summed E-state index contributed by atoms with van der Waals surface area (Å²) < 4.78 is 10.9. The first-order valence-electron chi connectivity index (χ1n) is 8.33. The molecular weight excluding hydrogens is 417 g/mol. The summed E-state index contributed by atoms with van der Waals surface area (Å²) >= 11 is 0. The van der Waals surface area contributed by atoms with Crippen LogP contribution in [0.2, 0.25) is 0 Å². The number of halogens is 1. The predicted molar refractivity (Wildman–Crippen MR) is 107 cm³/mol. The minimum absolute atomic E-state index is 0. The van der Waals surface area contributed by atoms with E-state index in [1.54, 1.807) is 7.11 Å². The SMILES string of the molecule is CN=C(NCc1ccc(OC)c(C)c1)N1CCC2(CCOC2)C1.I. The highest BCUT2D eigenvalue weighted by molar-refractivity contribution is 14.0. The van der Waals surface area contributed by atoms with Crippen LogP contribution in [-0.2, 0) is 11.3 Å². The second-order valence-corrected chi connectivity index (χ2v) is 6.68. The Morgan fingerprint density at radius 1 is 1.42 bits per heavy atom. The van der Waals surface area contributed by atoms with Crippen molar-refractivity contribution in [1.82, 2.24) is 10.2 Å². The highest BCUT2D eigenvalue weighted by atomic mass is 127. The summed E-state index contributed by atoms with van der Waals surface area (Å²) in [6.45, 7) is 6.77. The fourth-order valence-corrected chi connectivity index (χ4v) is 3.65. The maximum Gasteiger partial charge on any atom is 0.193 e. The zero-order chi connectivity index (χ0) is 16.3. The molecule has 1 atom stereocenters. The Bertz CT molecular complexity index is 586. The number of methoxy groups -OCH3 is 1. The number of nitrogens with zero attached hydrogens (tertiary/aromatic N) is 2. The maximum atomic E-state index is 5.61. The first kappa shape index (κ1) is 19.3. The molecule has 5 nitrogen and oxygen atoms in total. The smallest absolute Gasteiger partial charge is 0.193 e. The van der Waals surface area contributed by atoms with Gasteiger partial charge in [0.1, 0.15) is 5.75 Å². The standard InChI is InChI=1S/C18H27N3O2.HI/c1-14-10-15(4-5-16(14)22-3)11-20-17(19-2)21-8-6-18(12-21)7-9-23-13-18;/h4-5,10H,6-9,11-13H2,1-3H3,(H,19,20);1H. The Balaban J connectivity index is 0.00000208. The quantitative estimate of drug-likeness (QED) is 0.442. The third kappa shape index (κ3) is 4.14. The highest BCUT2D eigenvalue weighted by Gasteiger charge is 2.42. The number of hydrogen-bond donors (Lipinski definition) is 1. The largest absolute Gasteiger partial charge is 0.496 e. The zero-order valence-electron chi connectivity index (χ0n) is 14.8. The van der Waals surface area contributed by atoms with E-state index >= 15 is 0 Å². The Morgan fingerprint density at radius 2 is 2.25 bits per heavy atom. The number of likely N-dealkylation sites (tertiary alicyclic amines) is 1. The normalized spacial score (nSPS) is 23.5. The van der Waals surface area contributed by atoms with Crippen LogP contribution in [0.1, 0.15) is 24.0 Å². The monoisotopic (exact) mass is 445 g/mol. The lowest BCUT2D eigenvalue weighted by Gasteiger charge is -2.25. The van der Waals surface area contributed by atoms with Crippen LogP contribution < -0.4 is 10.1 Å². The number of benzene rings is 1. The fourth-order valence-electron chi connectivity index (χ4n) is 3.65. The molecule has 24 heavy (non-hydrogen) atoms. The average molecular weight is 445 g/mol. The van der Waals surface area contributed by atoms with Crippen molar-refractivity contribution in [2.75, 3.05) is 40.5 Å². The Morgan fingerprint density at radius 3 is 2.88 bits per heavy atom. The van der Waals surface area contributed by atoms with Gasteiger partial charge in [-0.15, -0.1) is 24.0 Å². The van der Waals surface area contributed by atoms with Crippen molar-refractivity contribution in [3.8, 4) is 5.75 Å². The minimum atomic E-state index is 0. The summed E-state index contributed by atoms with van der Waals surface area (Å²) in [6, 6.07) is 6.29. The van der Waals surface area contributed by atoms with Crippen molar-refractivity contribution >= 4 is 29.9 Å². The summed E-state index contributed by atoms with van der Waals surface area (Å²) in [5.74, 6) is 1.92. The molecule has 0 saturated carbocycles. The molecule has 134 valence electrons. The van der Waals surface area contributed by atoms with Crippen molar-refractivity contribution in [3.63, 3.8) is 0 Å². The van der Waals surface area contributed by atoms with Gasteiger partial charge in [-0.1, -0.05) is 12.1 Å². The van der Waals surface area contributed by atoms with Crippen molar-refractivity contribution in [2.24, 2.45) is 10.4 Å². The first-order valence-corrected chi connectivity index (χ1v) is 8.33. The van der Waals surface area contributed by atoms with Crippen LogP contribution in [0.15, 0.2) is 23.2 Å². The van der Waals surface area contributed by atoms with Crippen LogP contribution in [0.5, 0.6) is 5.75 Å². The Kier molecular flexibility index (Phi) is 6.74. The Hall–Kier alpha value is -1.02. The molecule has 2 heterocycles. The average Bonchev–Trinajstić information content (AvgIpc) is 3.19. The number of guanidine groups is 1. The molecule has 0 aromatic heterocycles. The van der Waals surface area contributed by atoms with E-state index in [2.05, 4.69) is 34.3 Å². The summed E-state index contributed by atoms with van der Waals surface area (Å²) in [7, 11) is 3.57. The van der Waals surface area contributed by atoms with E-state index in [4.69, 9.17) is 9.47 Å². The van der Waals surface area contributed by atoms with Gasteiger partial charge in [0.2, 0.25) is 0 Å². The summed E-state index contributed by atoms with van der Waals surface area (Å²) in [6.07, 6.45) is 2.38. The molecule has 3 rings (SSSR count). The molecule has 1 spiro atoms. The molecule has 6 heteroatoms. The molecule has 2 fully saturated rings. The van der Waals surface area contributed by atoms with Gasteiger partial charge in [0.05, 0.1) is 13.7 Å². The van der Waals surface area contributed by atoms with Crippen molar-refractivity contribution in [1.29, 1.82) is 0 Å². The molecule has 1 unspecified atom stereocenters. The molecule has 2 aliphatic rings. The zero-order valence-corrected chi connectivity index (χ0v) is 17.1. The van der Waals surface area contributed by atoms with Crippen molar-refractivity contribution in [2.45, 2.75) is 26.3 Å². The van der Waals surface area contributed by atoms with Gasteiger partial charge in [0.25, 0.3) is 0 Å². The molecule has 2 saturated heterocycles. The number of rotatable bonds is 3. The fraction of sp³-hybridized carbons (Fsp3) is 0.611. The van der Waals surface area contributed by atoms with Crippen LogP contribution in [0, 0.1) is 12.3 Å². The van der Waals surface area contributed by atoms with Gasteiger partial charge in [-0.3, -0.25) is 4.99 Å². The van der Waals surface area contributed by atoms with Gasteiger partial charge in [-0.25, -0.2) is 0 Å². The minimum Gasteiger partial charge on any atom is -0.496 e. The van der Waals surface area contributed by atoms with E-state index in [1.807, 2.05) is 13.1 Å². The Labute approximate surface area is 161 Å². The molecule has 0 bridgehead atoms. The van der Waals surface area contributed by atoms with E-state index in [1.165, 1.54) is 18.4 Å². The van der Waals surface area contributed by atoms with Gasteiger partial charge in [-0.2, -0.15) is 0 Å². The van der Waals surface area contributed by atoms with Crippen molar-refractivity contribution in [3.05, 3.63) is 29.3 Å². The van der Waals surface area contributed by atoms with E-state index in [0.717, 1.165) is 50.1 Å². The molecule has 1 aromatic carbocycles. The van der Waals surface area contributed by atoms with E-state index in [0.29, 0.717) is 5.41 Å². The van der Waals surface area contributed by atoms with Crippen LogP contribution in [0.25, 0.3) is 0 Å². The number of hydrogen-bond acceptors (Lipinski definition) is 3. The number of aryl methyl sites for hydroxylation is 1. The second kappa shape index (κ2) is 8.38. The topological polar surface area (TPSA) is 46.1 Å². The molecule has 1 N–H and O–H groups in total. The van der Waals surface area contributed by atoms with Gasteiger partial charge < -0.3 is 19.7 Å². The van der Waals surface area contributed by atoms with Crippen LogP contribution in [0.4, 0.5) is 0 Å². The molecule has 2 aliphatic heterocycles. The van der Waals surface area contributed by atoms with Gasteiger partial charge in [0, 0.05) is 38.7 Å². The lowest BCUT2D eigenvalue weighted by molar-refractivity contribution is 0.156. The first-order chi connectivity index (χ1) is 11.2. The van der Waals surface area contributed by atoms with E-state index in [9.17, 15) is 0 Å². The van der Waals surface area contributed by atoms with Gasteiger partial charge >= 0.3 is 0 Å². The molecule has 0 radical (unpaired) electrons. The van der Waals surface area contributed by atoms with Crippen LogP contribution >= 0.6 is 24.0 Å². The van der Waals surface area contributed by atoms with E-state index < -0.39 is 0 Å². The summed E-state index contributed by atoms with van der Waals surface area (Å²) in [5, 5.41) is 3.49. The van der Waals surface area contributed by atoms with Gasteiger partial charge in [-0.05, 0) is 37.0 Å². The second-order valence-electron chi connectivity index (χ2n) is 6.68. The molecular formula is C18H28IN3O2. The molecule has 0 amide bonds. The summed E-state index contributed by atoms with van der Waals surface area (Å²) in [4.78, 5) is 6.83. The lowest BCUT2D eigenvalue weighted by Crippen LogP contribution is -2.41. The highest BCUT2D eigenvalue weighted by Crippen LogP contribution is 2.38. The maximum absolute atomic E-state index is 5.61. The van der Waals surface area contributed by atoms with Crippen molar-refractivity contribution < 1.29 is 9.47 Å². The molecule has 0 aliphatic carbocycles. The van der Waals surface area contributed by atoms with E-state index in [-0.39, 0.29) is 24.0 Å². The van der Waals surface area contributed by atoms with Crippen LogP contribution in [-0.4, -0.2) is 51.3 Å².